The van der Waals surface area contributed by atoms with Gasteiger partial charge in [-0.05, 0) is 31.5 Å². The summed E-state index contributed by atoms with van der Waals surface area (Å²) < 4.78 is 1.95. The summed E-state index contributed by atoms with van der Waals surface area (Å²) in [6.45, 7) is 5.44. The van der Waals surface area contributed by atoms with Crippen LogP contribution in [0.1, 0.15) is 22.4 Å². The van der Waals surface area contributed by atoms with Gasteiger partial charge in [-0.15, -0.1) is 0 Å². The molecule has 0 saturated carbocycles. The summed E-state index contributed by atoms with van der Waals surface area (Å²) in [6.07, 6.45) is 7.48. The van der Waals surface area contributed by atoms with Crippen LogP contribution in [0.4, 0.5) is 5.82 Å². The molecule has 28 heavy (non-hydrogen) atoms. The molecule has 6 heteroatoms. The Morgan fingerprint density at radius 3 is 2.57 bits per heavy atom. The van der Waals surface area contributed by atoms with Crippen molar-refractivity contribution in [3.63, 3.8) is 0 Å². The molecule has 0 atom stereocenters. The van der Waals surface area contributed by atoms with Crippen LogP contribution < -0.4 is 5.32 Å². The van der Waals surface area contributed by atoms with Crippen LogP contribution in [0.15, 0.2) is 67.3 Å². The molecule has 0 amide bonds. The SMILES string of the molecule is Cc1nc(-c2cccnc2)nc(NCc2cnn(Cc3ccccc3)c2)c1C. The van der Waals surface area contributed by atoms with Gasteiger partial charge >= 0.3 is 0 Å². The van der Waals surface area contributed by atoms with Crippen molar-refractivity contribution in [1.29, 1.82) is 0 Å². The van der Waals surface area contributed by atoms with Gasteiger partial charge in [-0.3, -0.25) is 9.67 Å². The van der Waals surface area contributed by atoms with E-state index in [1.807, 2.05) is 55.1 Å². The van der Waals surface area contributed by atoms with Gasteiger partial charge in [-0.25, -0.2) is 9.97 Å². The molecular weight excluding hydrogens is 348 g/mol. The summed E-state index contributed by atoms with van der Waals surface area (Å²) in [5.41, 5.74) is 5.24. The van der Waals surface area contributed by atoms with Crippen LogP contribution in [-0.4, -0.2) is 24.7 Å². The number of hydrogen-bond acceptors (Lipinski definition) is 5. The second kappa shape index (κ2) is 8.00. The number of pyridine rings is 1. The van der Waals surface area contributed by atoms with Gasteiger partial charge in [0.15, 0.2) is 5.82 Å². The van der Waals surface area contributed by atoms with E-state index in [-0.39, 0.29) is 0 Å². The summed E-state index contributed by atoms with van der Waals surface area (Å²) >= 11 is 0. The van der Waals surface area contributed by atoms with Crippen molar-refractivity contribution in [1.82, 2.24) is 24.7 Å². The Hall–Kier alpha value is -3.54. The van der Waals surface area contributed by atoms with Crippen molar-refractivity contribution in [2.75, 3.05) is 5.32 Å². The third-order valence-electron chi connectivity index (χ3n) is 4.64. The first-order chi connectivity index (χ1) is 13.7. The van der Waals surface area contributed by atoms with E-state index in [1.165, 1.54) is 5.56 Å². The van der Waals surface area contributed by atoms with Crippen molar-refractivity contribution in [2.24, 2.45) is 0 Å². The summed E-state index contributed by atoms with van der Waals surface area (Å²) in [5, 5.41) is 7.90. The van der Waals surface area contributed by atoms with Crippen LogP contribution in [0.25, 0.3) is 11.4 Å². The highest BCUT2D eigenvalue weighted by Gasteiger charge is 2.10. The predicted molar refractivity (Wildman–Crippen MR) is 110 cm³/mol. The molecule has 0 radical (unpaired) electrons. The van der Waals surface area contributed by atoms with Crippen LogP contribution in [0.2, 0.25) is 0 Å². The van der Waals surface area contributed by atoms with Gasteiger partial charge in [0.05, 0.1) is 12.7 Å². The Labute approximate surface area is 164 Å². The normalized spacial score (nSPS) is 10.8. The Morgan fingerprint density at radius 2 is 1.79 bits per heavy atom. The first-order valence-electron chi connectivity index (χ1n) is 9.24. The molecule has 6 nitrogen and oxygen atoms in total. The van der Waals surface area contributed by atoms with Crippen LogP contribution in [0.3, 0.4) is 0 Å². The summed E-state index contributed by atoms with van der Waals surface area (Å²) in [5.74, 6) is 1.51. The van der Waals surface area contributed by atoms with Crippen molar-refractivity contribution >= 4 is 5.82 Å². The number of nitrogens with one attached hydrogen (secondary N) is 1. The highest BCUT2D eigenvalue weighted by Crippen LogP contribution is 2.21. The first-order valence-corrected chi connectivity index (χ1v) is 9.24. The largest absolute Gasteiger partial charge is 0.366 e. The number of rotatable bonds is 6. The van der Waals surface area contributed by atoms with E-state index in [0.717, 1.165) is 34.7 Å². The highest BCUT2D eigenvalue weighted by molar-refractivity contribution is 5.58. The topological polar surface area (TPSA) is 68.5 Å². The molecule has 3 heterocycles. The lowest BCUT2D eigenvalue weighted by atomic mass is 10.2. The molecule has 4 aromatic rings. The second-order valence-electron chi connectivity index (χ2n) is 6.73. The zero-order valence-corrected chi connectivity index (χ0v) is 16.0. The minimum Gasteiger partial charge on any atom is -0.366 e. The third kappa shape index (κ3) is 4.06. The molecule has 0 unspecified atom stereocenters. The molecule has 0 aliphatic carbocycles. The number of hydrogen-bond donors (Lipinski definition) is 1. The van der Waals surface area contributed by atoms with Crippen molar-refractivity contribution in [2.45, 2.75) is 26.9 Å². The summed E-state index contributed by atoms with van der Waals surface area (Å²) in [7, 11) is 0. The van der Waals surface area contributed by atoms with E-state index >= 15 is 0 Å². The predicted octanol–water partition coefficient (Wildman–Crippen LogP) is 4.01. The molecule has 0 aliphatic heterocycles. The van der Waals surface area contributed by atoms with Gasteiger partial charge in [0.2, 0.25) is 0 Å². The quantitative estimate of drug-likeness (QED) is 0.555. The van der Waals surface area contributed by atoms with Gasteiger partial charge in [-0.2, -0.15) is 5.10 Å². The molecule has 140 valence electrons. The minimum atomic E-state index is 0.651. The Kier molecular flexibility index (Phi) is 5.10. The smallest absolute Gasteiger partial charge is 0.163 e. The Balaban J connectivity index is 1.48. The molecule has 3 aromatic heterocycles. The molecule has 0 aliphatic rings. The maximum atomic E-state index is 4.70. The van der Waals surface area contributed by atoms with E-state index in [2.05, 4.69) is 38.7 Å². The lowest BCUT2D eigenvalue weighted by molar-refractivity contribution is 0.686. The van der Waals surface area contributed by atoms with Crippen molar-refractivity contribution < 1.29 is 0 Å². The fourth-order valence-electron chi connectivity index (χ4n) is 2.97. The van der Waals surface area contributed by atoms with Gasteiger partial charge in [0, 0.05) is 47.5 Å². The lowest BCUT2D eigenvalue weighted by Crippen LogP contribution is -2.07. The molecular formula is C22H22N6. The molecule has 4 rings (SSSR count). The summed E-state index contributed by atoms with van der Waals surface area (Å²) in [6, 6.07) is 14.2. The molecule has 0 spiro atoms. The molecule has 0 bridgehead atoms. The van der Waals surface area contributed by atoms with Gasteiger partial charge < -0.3 is 5.32 Å². The highest BCUT2D eigenvalue weighted by atomic mass is 15.3. The fraction of sp³-hybridized carbons (Fsp3) is 0.182. The minimum absolute atomic E-state index is 0.651. The number of benzene rings is 1. The van der Waals surface area contributed by atoms with E-state index in [1.54, 1.807) is 12.4 Å². The van der Waals surface area contributed by atoms with E-state index in [0.29, 0.717) is 12.4 Å². The zero-order valence-electron chi connectivity index (χ0n) is 16.0. The fourth-order valence-corrected chi connectivity index (χ4v) is 2.97. The van der Waals surface area contributed by atoms with Crippen LogP contribution in [0, 0.1) is 13.8 Å². The monoisotopic (exact) mass is 370 g/mol. The third-order valence-corrected chi connectivity index (χ3v) is 4.64. The zero-order chi connectivity index (χ0) is 19.3. The van der Waals surface area contributed by atoms with Crippen LogP contribution in [-0.2, 0) is 13.1 Å². The van der Waals surface area contributed by atoms with Gasteiger partial charge in [0.1, 0.15) is 5.82 Å². The number of aromatic nitrogens is 5. The lowest BCUT2D eigenvalue weighted by Gasteiger charge is -2.11. The first kappa shape index (κ1) is 17.9. The average Bonchev–Trinajstić information content (AvgIpc) is 3.17. The average molecular weight is 370 g/mol. The van der Waals surface area contributed by atoms with E-state index in [4.69, 9.17) is 4.98 Å². The standard InChI is InChI=1S/C22H22N6/c1-16-17(2)26-22(20-9-6-10-23-13-20)27-21(16)24-11-19-12-25-28(15-19)14-18-7-4-3-5-8-18/h3-10,12-13,15H,11,14H2,1-2H3,(H,24,26,27). The van der Waals surface area contributed by atoms with E-state index < -0.39 is 0 Å². The molecule has 0 fully saturated rings. The molecule has 1 N–H and O–H groups in total. The van der Waals surface area contributed by atoms with Crippen LogP contribution >= 0.6 is 0 Å². The molecule has 1 aromatic carbocycles. The molecule has 0 saturated heterocycles. The van der Waals surface area contributed by atoms with Gasteiger partial charge in [-0.1, -0.05) is 30.3 Å². The van der Waals surface area contributed by atoms with Crippen molar-refractivity contribution in [3.05, 3.63) is 89.6 Å². The van der Waals surface area contributed by atoms with Crippen molar-refractivity contribution in [3.8, 4) is 11.4 Å². The maximum Gasteiger partial charge on any atom is 0.163 e. The number of nitrogens with zero attached hydrogens (tertiary/aromatic N) is 5. The Morgan fingerprint density at radius 1 is 0.929 bits per heavy atom. The summed E-state index contributed by atoms with van der Waals surface area (Å²) in [4.78, 5) is 13.5. The van der Waals surface area contributed by atoms with Gasteiger partial charge in [0.25, 0.3) is 0 Å². The Bertz CT molecular complexity index is 1060. The number of aryl methyl sites for hydroxylation is 1. The maximum absolute atomic E-state index is 4.70. The number of anilines is 1. The second-order valence-corrected chi connectivity index (χ2v) is 6.73. The van der Waals surface area contributed by atoms with Crippen LogP contribution in [0.5, 0.6) is 0 Å². The van der Waals surface area contributed by atoms with E-state index in [9.17, 15) is 0 Å².